The first-order valence-corrected chi connectivity index (χ1v) is 9.66. The molecule has 0 bridgehead atoms. The number of hydrogen-bond donors (Lipinski definition) is 1. The molecule has 3 aromatic carbocycles. The fourth-order valence-electron chi connectivity index (χ4n) is 2.51. The molecule has 3 aromatic rings. The van der Waals surface area contributed by atoms with Gasteiger partial charge in [0.2, 0.25) is 0 Å². The Kier molecular flexibility index (Phi) is 6.60. The number of nitrogens with one attached hydrogen (secondary N) is 1. The summed E-state index contributed by atoms with van der Waals surface area (Å²) in [6.07, 6.45) is 3.28. The highest BCUT2D eigenvalue weighted by Gasteiger charge is 2.06. The number of halogens is 1. The molecule has 0 saturated carbocycles. The van der Waals surface area contributed by atoms with Crippen LogP contribution in [-0.4, -0.2) is 18.8 Å². The highest BCUT2D eigenvalue weighted by atomic mass is 127. The zero-order chi connectivity index (χ0) is 19.9. The van der Waals surface area contributed by atoms with Crippen LogP contribution in [0, 0.1) is 3.57 Å². The third-order valence-electron chi connectivity index (χ3n) is 4.08. The number of rotatable bonds is 6. The summed E-state index contributed by atoms with van der Waals surface area (Å²) >= 11 is 2.20. The maximum atomic E-state index is 12.2. The molecular weight excluding hydrogens is 465 g/mol. The van der Waals surface area contributed by atoms with E-state index in [2.05, 4.69) is 27.9 Å². The van der Waals surface area contributed by atoms with E-state index in [1.807, 2.05) is 36.4 Å². The monoisotopic (exact) mass is 483 g/mol. The number of amides is 1. The Hall–Kier alpha value is -2.93. The van der Waals surface area contributed by atoms with E-state index in [0.717, 1.165) is 9.13 Å². The van der Waals surface area contributed by atoms with E-state index in [9.17, 15) is 9.59 Å². The largest absolute Gasteiger partial charge is 0.497 e. The van der Waals surface area contributed by atoms with E-state index in [0.29, 0.717) is 22.6 Å². The molecule has 1 N–H and O–H groups in total. The van der Waals surface area contributed by atoms with Crippen LogP contribution in [0.25, 0.3) is 6.08 Å². The zero-order valence-electron chi connectivity index (χ0n) is 15.2. The van der Waals surface area contributed by atoms with Crippen molar-refractivity contribution in [3.63, 3.8) is 0 Å². The van der Waals surface area contributed by atoms with Gasteiger partial charge in [-0.1, -0.05) is 18.2 Å². The van der Waals surface area contributed by atoms with Crippen LogP contribution in [0.1, 0.15) is 26.3 Å². The minimum atomic E-state index is -0.158. The lowest BCUT2D eigenvalue weighted by Crippen LogP contribution is -2.11. The normalized spacial score (nSPS) is 10.6. The summed E-state index contributed by atoms with van der Waals surface area (Å²) in [7, 11) is 1.59. The second-order valence-electron chi connectivity index (χ2n) is 6.01. The van der Waals surface area contributed by atoms with Gasteiger partial charge in [-0.2, -0.15) is 0 Å². The van der Waals surface area contributed by atoms with Crippen molar-refractivity contribution >= 4 is 46.0 Å². The number of ether oxygens (including phenoxy) is 1. The topological polar surface area (TPSA) is 55.4 Å². The van der Waals surface area contributed by atoms with Crippen molar-refractivity contribution in [2.24, 2.45) is 0 Å². The molecule has 140 valence electrons. The second-order valence-corrected chi connectivity index (χ2v) is 7.25. The average Bonchev–Trinajstić information content (AvgIpc) is 2.73. The van der Waals surface area contributed by atoms with Crippen LogP contribution in [0.2, 0.25) is 0 Å². The van der Waals surface area contributed by atoms with Crippen molar-refractivity contribution in [3.8, 4) is 5.75 Å². The lowest BCUT2D eigenvalue weighted by atomic mass is 10.1. The summed E-state index contributed by atoms with van der Waals surface area (Å²) in [5.74, 6) is 0.469. The predicted molar refractivity (Wildman–Crippen MR) is 120 cm³/mol. The van der Waals surface area contributed by atoms with Gasteiger partial charge in [0.05, 0.1) is 7.11 Å². The molecule has 0 radical (unpaired) electrons. The summed E-state index contributed by atoms with van der Waals surface area (Å²) < 4.78 is 6.17. The maximum Gasteiger partial charge on any atom is 0.255 e. The molecule has 0 saturated heterocycles. The summed E-state index contributed by atoms with van der Waals surface area (Å²) in [6.45, 7) is 0. The summed E-state index contributed by atoms with van der Waals surface area (Å²) in [5, 5.41) is 2.86. The molecule has 0 aliphatic carbocycles. The molecule has 0 aliphatic heterocycles. The number of carbonyl (C=O) groups is 2. The third kappa shape index (κ3) is 5.29. The summed E-state index contributed by atoms with van der Waals surface area (Å²) in [5.41, 5.74) is 2.77. The van der Waals surface area contributed by atoms with Gasteiger partial charge in [0.1, 0.15) is 5.75 Å². The molecule has 0 spiro atoms. The van der Waals surface area contributed by atoms with E-state index in [1.165, 1.54) is 6.08 Å². The van der Waals surface area contributed by atoms with Gasteiger partial charge in [0, 0.05) is 20.4 Å². The molecule has 28 heavy (non-hydrogen) atoms. The van der Waals surface area contributed by atoms with Gasteiger partial charge < -0.3 is 10.1 Å². The fourth-order valence-corrected chi connectivity index (χ4v) is 2.87. The molecule has 5 heteroatoms. The fraction of sp³-hybridized carbons (Fsp3) is 0.0435. The van der Waals surface area contributed by atoms with Gasteiger partial charge in [-0.25, -0.2) is 0 Å². The van der Waals surface area contributed by atoms with Crippen molar-refractivity contribution < 1.29 is 14.3 Å². The molecule has 0 atom stereocenters. The highest BCUT2D eigenvalue weighted by molar-refractivity contribution is 14.1. The molecule has 0 heterocycles. The van der Waals surface area contributed by atoms with Crippen LogP contribution in [0.3, 0.4) is 0 Å². The Bertz CT molecular complexity index is 992. The van der Waals surface area contributed by atoms with Gasteiger partial charge in [0.15, 0.2) is 5.78 Å². The molecular formula is C23H18INO3. The first-order valence-electron chi connectivity index (χ1n) is 8.58. The van der Waals surface area contributed by atoms with Crippen LogP contribution in [0.5, 0.6) is 5.75 Å². The Morgan fingerprint density at radius 1 is 0.857 bits per heavy atom. The first-order chi connectivity index (χ1) is 13.5. The Morgan fingerprint density at radius 2 is 1.46 bits per heavy atom. The van der Waals surface area contributed by atoms with E-state index in [4.69, 9.17) is 4.74 Å². The van der Waals surface area contributed by atoms with Crippen molar-refractivity contribution in [1.82, 2.24) is 0 Å². The van der Waals surface area contributed by atoms with Crippen LogP contribution in [-0.2, 0) is 0 Å². The molecule has 0 fully saturated rings. The minimum absolute atomic E-state index is 0.0845. The quantitative estimate of drug-likeness (QED) is 0.288. The molecule has 0 aromatic heterocycles. The van der Waals surface area contributed by atoms with Gasteiger partial charge in [-0.3, -0.25) is 9.59 Å². The lowest BCUT2D eigenvalue weighted by molar-refractivity contribution is 0.102. The SMILES string of the molecule is COc1ccc(C(=O)/C=C/c2ccc(NC(=O)c3ccc(I)cc3)cc2)cc1. The Balaban J connectivity index is 1.61. The highest BCUT2D eigenvalue weighted by Crippen LogP contribution is 2.15. The molecule has 0 unspecified atom stereocenters. The van der Waals surface area contributed by atoms with E-state index >= 15 is 0 Å². The number of methoxy groups -OCH3 is 1. The zero-order valence-corrected chi connectivity index (χ0v) is 17.3. The smallest absolute Gasteiger partial charge is 0.255 e. The Morgan fingerprint density at radius 3 is 2.07 bits per heavy atom. The number of ketones is 1. The van der Waals surface area contributed by atoms with Gasteiger partial charge in [-0.15, -0.1) is 0 Å². The van der Waals surface area contributed by atoms with E-state index in [1.54, 1.807) is 49.6 Å². The molecule has 3 rings (SSSR count). The number of hydrogen-bond acceptors (Lipinski definition) is 3. The van der Waals surface area contributed by atoms with Crippen molar-refractivity contribution in [2.75, 3.05) is 12.4 Å². The van der Waals surface area contributed by atoms with Crippen LogP contribution in [0.15, 0.2) is 78.9 Å². The van der Waals surface area contributed by atoms with Crippen molar-refractivity contribution in [2.45, 2.75) is 0 Å². The summed E-state index contributed by atoms with van der Waals surface area (Å²) in [4.78, 5) is 24.5. The number of anilines is 1. The molecule has 4 nitrogen and oxygen atoms in total. The maximum absolute atomic E-state index is 12.2. The average molecular weight is 483 g/mol. The summed E-state index contributed by atoms with van der Waals surface area (Å²) in [6, 6.07) is 21.7. The van der Waals surface area contributed by atoms with Crippen molar-refractivity contribution in [1.29, 1.82) is 0 Å². The number of carbonyl (C=O) groups excluding carboxylic acids is 2. The molecule has 0 aliphatic rings. The lowest BCUT2D eigenvalue weighted by Gasteiger charge is -2.06. The standard InChI is InChI=1S/C23H18INO3/c1-28-21-13-7-17(8-14-21)22(26)15-4-16-2-11-20(12-3-16)25-23(27)18-5-9-19(24)10-6-18/h2-15H,1H3,(H,25,27)/b15-4+. The predicted octanol–water partition coefficient (Wildman–Crippen LogP) is 5.45. The van der Waals surface area contributed by atoms with Crippen LogP contribution < -0.4 is 10.1 Å². The van der Waals surface area contributed by atoms with E-state index < -0.39 is 0 Å². The molecule has 1 amide bonds. The van der Waals surface area contributed by atoms with Crippen molar-refractivity contribution in [3.05, 3.63) is 99.1 Å². The van der Waals surface area contributed by atoms with Crippen LogP contribution in [0.4, 0.5) is 5.69 Å². The van der Waals surface area contributed by atoms with Gasteiger partial charge in [-0.05, 0) is 94.9 Å². The number of allylic oxidation sites excluding steroid dienone is 1. The number of benzene rings is 3. The third-order valence-corrected chi connectivity index (χ3v) is 4.80. The van der Waals surface area contributed by atoms with E-state index in [-0.39, 0.29) is 11.7 Å². The first kappa shape index (κ1) is 19.8. The second kappa shape index (κ2) is 9.32. The van der Waals surface area contributed by atoms with Gasteiger partial charge in [0.25, 0.3) is 5.91 Å². The van der Waals surface area contributed by atoms with Gasteiger partial charge >= 0.3 is 0 Å². The van der Waals surface area contributed by atoms with Crippen LogP contribution >= 0.6 is 22.6 Å². The Labute approximate surface area is 177 Å². The minimum Gasteiger partial charge on any atom is -0.497 e.